The van der Waals surface area contributed by atoms with Gasteiger partial charge in [-0.15, -0.1) is 0 Å². The maximum Gasteiger partial charge on any atom is 0.170 e. The number of hydrogen-bond acceptors (Lipinski definition) is 2. The van der Waals surface area contributed by atoms with Gasteiger partial charge in [0.25, 0.3) is 0 Å². The highest BCUT2D eigenvalue weighted by atomic mass is 32.1. The zero-order chi connectivity index (χ0) is 12.7. The first-order chi connectivity index (χ1) is 8.19. The van der Waals surface area contributed by atoms with Crippen molar-refractivity contribution < 1.29 is 5.11 Å². The Kier molecular flexibility index (Phi) is 5.94. The highest BCUT2D eigenvalue weighted by Gasteiger charge is 2.08. The third kappa shape index (κ3) is 4.32. The van der Waals surface area contributed by atoms with Gasteiger partial charge in [0.2, 0.25) is 0 Å². The summed E-state index contributed by atoms with van der Waals surface area (Å²) in [5.74, 6) is 0. The van der Waals surface area contributed by atoms with E-state index in [9.17, 15) is 0 Å². The maximum atomic E-state index is 8.96. The van der Waals surface area contributed by atoms with E-state index in [1.165, 1.54) is 18.4 Å². The third-order valence-corrected chi connectivity index (χ3v) is 2.88. The molecule has 1 rings (SSSR count). The molecule has 0 saturated carbocycles. The zero-order valence-corrected chi connectivity index (χ0v) is 11.0. The minimum absolute atomic E-state index is 0.0366. The summed E-state index contributed by atoms with van der Waals surface area (Å²) in [7, 11) is 0. The summed E-state index contributed by atoms with van der Waals surface area (Å²) in [6.07, 6.45) is 3.50. The highest BCUT2D eigenvalue weighted by molar-refractivity contribution is 7.80. The fourth-order valence-electron chi connectivity index (χ4n) is 1.69. The minimum Gasteiger partial charge on any atom is -0.395 e. The molecule has 4 heteroatoms. The number of aliphatic hydroxyl groups excluding tert-OH is 1. The number of nitrogens with two attached hydrogens (primary N) is 1. The molecule has 0 fully saturated rings. The van der Waals surface area contributed by atoms with Crippen molar-refractivity contribution in [3.63, 3.8) is 0 Å². The van der Waals surface area contributed by atoms with Gasteiger partial charge in [0, 0.05) is 12.2 Å². The van der Waals surface area contributed by atoms with E-state index in [1.807, 2.05) is 12.1 Å². The monoisotopic (exact) mass is 252 g/mol. The quantitative estimate of drug-likeness (QED) is 0.761. The maximum absolute atomic E-state index is 8.96. The van der Waals surface area contributed by atoms with Crippen LogP contribution in [0.5, 0.6) is 0 Å². The molecule has 0 spiro atoms. The van der Waals surface area contributed by atoms with Crippen LogP contribution >= 0.6 is 12.2 Å². The van der Waals surface area contributed by atoms with Crippen LogP contribution in [0.15, 0.2) is 24.3 Å². The van der Waals surface area contributed by atoms with Gasteiger partial charge in [0.05, 0.1) is 6.61 Å². The molecule has 0 heterocycles. The summed E-state index contributed by atoms with van der Waals surface area (Å²) in [6, 6.07) is 8.18. The number of nitrogens with zero attached hydrogens (tertiary/aromatic N) is 1. The Morgan fingerprint density at radius 3 is 2.47 bits per heavy atom. The number of thiocarbonyl (C=S) groups is 1. The number of rotatable bonds is 6. The normalized spacial score (nSPS) is 10.2. The number of hydrogen-bond donors (Lipinski definition) is 2. The van der Waals surface area contributed by atoms with Gasteiger partial charge in [-0.3, -0.25) is 0 Å². The standard InChI is InChI=1S/C13H20N2OS/c1-2-3-4-11-5-7-12(8-6-11)15(9-10-16)13(14)17/h5-8,16H,2-4,9-10H2,1H3,(H2,14,17). The highest BCUT2D eigenvalue weighted by Crippen LogP contribution is 2.16. The first-order valence-corrected chi connectivity index (χ1v) is 6.36. The average molecular weight is 252 g/mol. The van der Waals surface area contributed by atoms with Crippen LogP contribution in [0.25, 0.3) is 0 Å². The van der Waals surface area contributed by atoms with E-state index in [2.05, 4.69) is 19.1 Å². The van der Waals surface area contributed by atoms with Crippen molar-refractivity contribution in [3.8, 4) is 0 Å². The third-order valence-electron chi connectivity index (χ3n) is 2.66. The lowest BCUT2D eigenvalue weighted by Gasteiger charge is -2.22. The van der Waals surface area contributed by atoms with E-state index in [0.29, 0.717) is 11.7 Å². The van der Waals surface area contributed by atoms with E-state index < -0.39 is 0 Å². The predicted molar refractivity (Wildman–Crippen MR) is 76.3 cm³/mol. The van der Waals surface area contributed by atoms with Gasteiger partial charge in [-0.2, -0.15) is 0 Å². The van der Waals surface area contributed by atoms with Crippen LogP contribution < -0.4 is 10.6 Å². The van der Waals surface area contributed by atoms with Crippen molar-refractivity contribution in [3.05, 3.63) is 29.8 Å². The lowest BCUT2D eigenvalue weighted by molar-refractivity contribution is 0.306. The molecule has 0 radical (unpaired) electrons. The fraction of sp³-hybridized carbons (Fsp3) is 0.462. The molecule has 0 bridgehead atoms. The van der Waals surface area contributed by atoms with Crippen LogP contribution in [0, 0.1) is 0 Å². The molecule has 0 aliphatic carbocycles. The number of aliphatic hydroxyl groups is 1. The van der Waals surface area contributed by atoms with E-state index in [4.69, 9.17) is 23.1 Å². The van der Waals surface area contributed by atoms with Crippen LogP contribution in [0.2, 0.25) is 0 Å². The van der Waals surface area contributed by atoms with Gasteiger partial charge < -0.3 is 15.7 Å². The van der Waals surface area contributed by atoms with Gasteiger partial charge in [0.1, 0.15) is 0 Å². The molecular weight excluding hydrogens is 232 g/mol. The fourth-order valence-corrected chi connectivity index (χ4v) is 1.89. The summed E-state index contributed by atoms with van der Waals surface area (Å²) in [5, 5.41) is 9.25. The van der Waals surface area contributed by atoms with Gasteiger partial charge in [-0.25, -0.2) is 0 Å². The second kappa shape index (κ2) is 7.25. The Morgan fingerprint density at radius 2 is 2.00 bits per heavy atom. The zero-order valence-electron chi connectivity index (χ0n) is 10.2. The Labute approximate surface area is 108 Å². The molecule has 0 aliphatic heterocycles. The largest absolute Gasteiger partial charge is 0.395 e. The van der Waals surface area contributed by atoms with Crippen LogP contribution in [-0.4, -0.2) is 23.4 Å². The van der Waals surface area contributed by atoms with E-state index in [0.717, 1.165) is 12.1 Å². The molecule has 3 N–H and O–H groups in total. The lowest BCUT2D eigenvalue weighted by atomic mass is 10.1. The Hall–Kier alpha value is -1.13. The number of aryl methyl sites for hydroxylation is 1. The van der Waals surface area contributed by atoms with Gasteiger partial charge >= 0.3 is 0 Å². The molecule has 0 amide bonds. The molecule has 0 aliphatic rings. The molecular formula is C13H20N2OS. The van der Waals surface area contributed by atoms with E-state index >= 15 is 0 Å². The van der Waals surface area contributed by atoms with Crippen LogP contribution in [0.1, 0.15) is 25.3 Å². The summed E-state index contributed by atoms with van der Waals surface area (Å²) in [6.45, 7) is 2.66. The smallest absolute Gasteiger partial charge is 0.170 e. The second-order valence-electron chi connectivity index (χ2n) is 3.98. The lowest BCUT2D eigenvalue weighted by Crippen LogP contribution is -2.37. The van der Waals surface area contributed by atoms with Crippen molar-refractivity contribution in [2.45, 2.75) is 26.2 Å². The Balaban J connectivity index is 2.73. The molecule has 94 valence electrons. The first-order valence-electron chi connectivity index (χ1n) is 5.95. The Bertz CT molecular complexity index is 351. The van der Waals surface area contributed by atoms with Crippen molar-refractivity contribution in [2.24, 2.45) is 5.73 Å². The van der Waals surface area contributed by atoms with Gasteiger partial charge in [0.15, 0.2) is 5.11 Å². The van der Waals surface area contributed by atoms with E-state index in [1.54, 1.807) is 4.90 Å². The average Bonchev–Trinajstić information content (AvgIpc) is 2.34. The molecule has 17 heavy (non-hydrogen) atoms. The van der Waals surface area contributed by atoms with Gasteiger partial charge in [-0.05, 0) is 42.8 Å². The molecule has 0 unspecified atom stereocenters. The molecule has 0 aromatic heterocycles. The van der Waals surface area contributed by atoms with Gasteiger partial charge in [-0.1, -0.05) is 25.5 Å². The SMILES string of the molecule is CCCCc1ccc(N(CCO)C(N)=S)cc1. The number of anilines is 1. The van der Waals surface area contributed by atoms with Crippen LogP contribution in [0.3, 0.4) is 0 Å². The van der Waals surface area contributed by atoms with E-state index in [-0.39, 0.29) is 6.61 Å². The first kappa shape index (κ1) is 13.9. The van der Waals surface area contributed by atoms with Crippen molar-refractivity contribution in [1.82, 2.24) is 0 Å². The number of benzene rings is 1. The summed E-state index contributed by atoms with van der Waals surface area (Å²) in [4.78, 5) is 1.74. The second-order valence-corrected chi connectivity index (χ2v) is 4.40. The Morgan fingerprint density at radius 1 is 1.35 bits per heavy atom. The predicted octanol–water partition coefficient (Wildman–Crippen LogP) is 2.07. The molecule has 0 saturated heterocycles. The topological polar surface area (TPSA) is 49.5 Å². The molecule has 0 atom stereocenters. The van der Waals surface area contributed by atoms with Crippen LogP contribution in [-0.2, 0) is 6.42 Å². The van der Waals surface area contributed by atoms with Crippen molar-refractivity contribution in [2.75, 3.05) is 18.1 Å². The molecule has 1 aromatic carbocycles. The summed E-state index contributed by atoms with van der Waals surface area (Å²) in [5.41, 5.74) is 7.88. The summed E-state index contributed by atoms with van der Waals surface area (Å²) < 4.78 is 0. The van der Waals surface area contributed by atoms with Crippen molar-refractivity contribution in [1.29, 1.82) is 0 Å². The minimum atomic E-state index is 0.0366. The molecule has 1 aromatic rings. The number of unbranched alkanes of at least 4 members (excludes halogenated alkanes) is 1. The summed E-state index contributed by atoms with van der Waals surface area (Å²) >= 11 is 4.96. The van der Waals surface area contributed by atoms with Crippen molar-refractivity contribution >= 4 is 23.0 Å². The van der Waals surface area contributed by atoms with Crippen LogP contribution in [0.4, 0.5) is 5.69 Å². The molecule has 3 nitrogen and oxygen atoms in total.